The summed E-state index contributed by atoms with van der Waals surface area (Å²) in [5.74, 6) is 0.155. The molecule has 96 valence electrons. The van der Waals surface area contributed by atoms with Crippen molar-refractivity contribution in [1.82, 2.24) is 10.2 Å². The predicted molar refractivity (Wildman–Crippen MR) is 66.5 cm³/mol. The van der Waals surface area contributed by atoms with Crippen LogP contribution in [0.2, 0.25) is 0 Å². The highest BCUT2D eigenvalue weighted by atomic mass is 16.5. The first-order valence-corrected chi connectivity index (χ1v) is 6.24. The van der Waals surface area contributed by atoms with Gasteiger partial charge in [-0.25, -0.2) is 0 Å². The first-order valence-electron chi connectivity index (χ1n) is 6.24. The lowest BCUT2D eigenvalue weighted by Crippen LogP contribution is -2.42. The number of hydrogen-bond donors (Lipinski definition) is 1. The summed E-state index contributed by atoms with van der Waals surface area (Å²) < 4.78 is 5.25. The third kappa shape index (κ3) is 6.80. The van der Waals surface area contributed by atoms with Crippen molar-refractivity contribution in [2.75, 3.05) is 32.8 Å². The lowest BCUT2D eigenvalue weighted by atomic mass is 10.2. The van der Waals surface area contributed by atoms with Crippen LogP contribution in [0.3, 0.4) is 0 Å². The first kappa shape index (κ1) is 15.4. The van der Waals surface area contributed by atoms with E-state index in [-0.39, 0.29) is 5.91 Å². The summed E-state index contributed by atoms with van der Waals surface area (Å²) in [7, 11) is 0. The van der Waals surface area contributed by atoms with Crippen molar-refractivity contribution in [2.24, 2.45) is 0 Å². The van der Waals surface area contributed by atoms with Crippen molar-refractivity contribution in [1.29, 1.82) is 0 Å². The number of amides is 1. The second-order valence-electron chi connectivity index (χ2n) is 3.86. The van der Waals surface area contributed by atoms with E-state index in [2.05, 4.69) is 19.2 Å². The van der Waals surface area contributed by atoms with E-state index < -0.39 is 0 Å². The molecule has 0 aromatic rings. The molecular formula is C12H26N2O2. The molecule has 0 saturated heterocycles. The van der Waals surface area contributed by atoms with Crippen molar-refractivity contribution in [3.63, 3.8) is 0 Å². The van der Waals surface area contributed by atoms with Crippen molar-refractivity contribution < 1.29 is 9.53 Å². The number of nitrogens with zero attached hydrogens (tertiary/aromatic N) is 1. The molecule has 16 heavy (non-hydrogen) atoms. The second-order valence-corrected chi connectivity index (χ2v) is 3.86. The molecule has 0 aliphatic heterocycles. The number of nitrogens with one attached hydrogen (secondary N) is 1. The average molecular weight is 230 g/mol. The van der Waals surface area contributed by atoms with Crippen LogP contribution >= 0.6 is 0 Å². The van der Waals surface area contributed by atoms with Crippen LogP contribution in [0.25, 0.3) is 0 Å². The number of carbonyl (C=O) groups excluding carboxylic acids is 1. The summed E-state index contributed by atoms with van der Waals surface area (Å²) in [4.78, 5) is 13.6. The maximum atomic E-state index is 11.8. The van der Waals surface area contributed by atoms with Gasteiger partial charge in [-0.1, -0.05) is 6.92 Å². The van der Waals surface area contributed by atoms with Gasteiger partial charge < -0.3 is 15.0 Å². The Hall–Kier alpha value is -0.610. The summed E-state index contributed by atoms with van der Waals surface area (Å²) in [5, 5.41) is 3.21. The van der Waals surface area contributed by atoms with Gasteiger partial charge in [0.15, 0.2) is 0 Å². The van der Waals surface area contributed by atoms with Gasteiger partial charge in [-0.2, -0.15) is 0 Å². The summed E-state index contributed by atoms with van der Waals surface area (Å²) in [5.41, 5.74) is 0. The molecular weight excluding hydrogens is 204 g/mol. The summed E-state index contributed by atoms with van der Waals surface area (Å²) in [6.07, 6.45) is 1.04. The Labute approximate surface area is 99.3 Å². The largest absolute Gasteiger partial charge is 0.380 e. The molecule has 0 heterocycles. The zero-order valence-corrected chi connectivity index (χ0v) is 11.1. The molecule has 4 nitrogen and oxygen atoms in total. The van der Waals surface area contributed by atoms with Gasteiger partial charge in [-0.05, 0) is 27.2 Å². The maximum Gasteiger partial charge on any atom is 0.236 e. The summed E-state index contributed by atoms with van der Waals surface area (Å²) in [6, 6.07) is 0.398. The highest BCUT2D eigenvalue weighted by Gasteiger charge is 2.11. The van der Waals surface area contributed by atoms with E-state index in [0.29, 0.717) is 32.3 Å². The Bertz CT molecular complexity index is 186. The van der Waals surface area contributed by atoms with Crippen LogP contribution in [0.1, 0.15) is 34.1 Å². The van der Waals surface area contributed by atoms with Crippen LogP contribution in [0, 0.1) is 0 Å². The molecule has 0 aromatic heterocycles. The van der Waals surface area contributed by atoms with Gasteiger partial charge >= 0.3 is 0 Å². The monoisotopic (exact) mass is 230 g/mol. The lowest BCUT2D eigenvalue weighted by Gasteiger charge is -2.22. The fourth-order valence-corrected chi connectivity index (χ4v) is 1.30. The van der Waals surface area contributed by atoms with Crippen LogP contribution in [-0.4, -0.2) is 49.7 Å². The molecule has 0 radical (unpaired) electrons. The van der Waals surface area contributed by atoms with Gasteiger partial charge in [0.2, 0.25) is 5.91 Å². The molecule has 0 saturated carbocycles. The third-order valence-corrected chi connectivity index (χ3v) is 2.66. The van der Waals surface area contributed by atoms with E-state index in [4.69, 9.17) is 4.74 Å². The smallest absolute Gasteiger partial charge is 0.236 e. The Morgan fingerprint density at radius 1 is 1.38 bits per heavy atom. The molecule has 0 bridgehead atoms. The van der Waals surface area contributed by atoms with Crippen LogP contribution in [-0.2, 0) is 9.53 Å². The van der Waals surface area contributed by atoms with Gasteiger partial charge in [0, 0.05) is 25.7 Å². The van der Waals surface area contributed by atoms with E-state index in [1.54, 1.807) is 0 Å². The zero-order valence-electron chi connectivity index (χ0n) is 11.1. The fourth-order valence-electron chi connectivity index (χ4n) is 1.30. The van der Waals surface area contributed by atoms with E-state index >= 15 is 0 Å². The highest BCUT2D eigenvalue weighted by molar-refractivity contribution is 5.78. The molecule has 0 aliphatic rings. The number of carbonyl (C=O) groups is 1. The molecule has 1 atom stereocenters. The number of likely N-dealkylation sites (N-methyl/N-ethyl adjacent to an activating group) is 1. The van der Waals surface area contributed by atoms with Gasteiger partial charge in [0.1, 0.15) is 0 Å². The van der Waals surface area contributed by atoms with Gasteiger partial charge in [-0.3, -0.25) is 4.79 Å². The molecule has 0 rings (SSSR count). The molecule has 0 fully saturated rings. The topological polar surface area (TPSA) is 41.6 Å². The van der Waals surface area contributed by atoms with Crippen molar-refractivity contribution in [2.45, 2.75) is 40.2 Å². The first-order chi connectivity index (χ1) is 7.65. The highest BCUT2D eigenvalue weighted by Crippen LogP contribution is 1.92. The molecule has 1 unspecified atom stereocenters. The van der Waals surface area contributed by atoms with Crippen LogP contribution < -0.4 is 5.32 Å². The van der Waals surface area contributed by atoms with Crippen LogP contribution in [0.5, 0.6) is 0 Å². The van der Waals surface area contributed by atoms with Crippen molar-refractivity contribution in [3.8, 4) is 0 Å². The van der Waals surface area contributed by atoms with Crippen molar-refractivity contribution >= 4 is 5.91 Å². The Morgan fingerprint density at radius 2 is 2.06 bits per heavy atom. The van der Waals surface area contributed by atoms with E-state index in [1.807, 2.05) is 18.7 Å². The molecule has 1 N–H and O–H groups in total. The maximum absolute atomic E-state index is 11.8. The Morgan fingerprint density at radius 3 is 2.56 bits per heavy atom. The van der Waals surface area contributed by atoms with Crippen LogP contribution in [0.4, 0.5) is 0 Å². The second kappa shape index (κ2) is 9.60. The SMILES string of the molecule is CCOCCN(CC)C(=O)CNC(C)CC. The normalized spacial score (nSPS) is 12.5. The van der Waals surface area contributed by atoms with Gasteiger partial charge in [0.25, 0.3) is 0 Å². The number of hydrogen-bond acceptors (Lipinski definition) is 3. The summed E-state index contributed by atoms with van der Waals surface area (Å²) >= 11 is 0. The number of rotatable bonds is 9. The summed E-state index contributed by atoms with van der Waals surface area (Å²) in [6.45, 7) is 11.3. The van der Waals surface area contributed by atoms with Gasteiger partial charge in [0.05, 0.1) is 13.2 Å². The lowest BCUT2D eigenvalue weighted by molar-refractivity contribution is -0.130. The Kier molecular flexibility index (Phi) is 9.24. The van der Waals surface area contributed by atoms with E-state index in [9.17, 15) is 4.79 Å². The van der Waals surface area contributed by atoms with E-state index in [1.165, 1.54) is 0 Å². The molecule has 0 aliphatic carbocycles. The molecule has 1 amide bonds. The standard InChI is InChI=1S/C12H26N2O2/c1-5-11(4)13-10-12(15)14(6-2)8-9-16-7-3/h11,13H,5-10H2,1-4H3. The van der Waals surface area contributed by atoms with Gasteiger partial charge in [-0.15, -0.1) is 0 Å². The minimum absolute atomic E-state index is 0.155. The predicted octanol–water partition coefficient (Wildman–Crippen LogP) is 1.26. The average Bonchev–Trinajstić information content (AvgIpc) is 2.31. The minimum Gasteiger partial charge on any atom is -0.380 e. The third-order valence-electron chi connectivity index (χ3n) is 2.66. The van der Waals surface area contributed by atoms with E-state index in [0.717, 1.165) is 13.0 Å². The molecule has 0 spiro atoms. The molecule has 4 heteroatoms. The van der Waals surface area contributed by atoms with Crippen LogP contribution in [0.15, 0.2) is 0 Å². The zero-order chi connectivity index (χ0) is 12.4. The quantitative estimate of drug-likeness (QED) is 0.606. The molecule has 0 aromatic carbocycles. The minimum atomic E-state index is 0.155. The fraction of sp³-hybridized carbons (Fsp3) is 0.917. The Balaban J connectivity index is 3.82. The number of ether oxygens (including phenoxy) is 1. The van der Waals surface area contributed by atoms with Crippen molar-refractivity contribution in [3.05, 3.63) is 0 Å².